The predicted octanol–water partition coefficient (Wildman–Crippen LogP) is 2.62. The lowest BCUT2D eigenvalue weighted by Crippen LogP contribution is -2.40. The topological polar surface area (TPSA) is 54.9 Å². The number of guanidine groups is 1. The molecule has 5 nitrogen and oxygen atoms in total. The van der Waals surface area contributed by atoms with Crippen LogP contribution < -0.4 is 15.4 Å². The zero-order valence-electron chi connectivity index (χ0n) is 14.6. The molecule has 0 fully saturated rings. The fraction of sp³-hybridized carbons (Fsp3) is 0.588. The maximum absolute atomic E-state index is 5.38. The molecule has 1 rings (SSSR count). The molecule has 0 radical (unpaired) electrons. The van der Waals surface area contributed by atoms with Crippen LogP contribution in [0.25, 0.3) is 0 Å². The van der Waals surface area contributed by atoms with Gasteiger partial charge in [0.2, 0.25) is 0 Å². The highest BCUT2D eigenvalue weighted by Gasteiger charge is 2.07. The molecule has 0 aliphatic rings. The number of ether oxygens (including phenoxy) is 2. The Hall–Kier alpha value is -1.40. The second-order valence-electron chi connectivity index (χ2n) is 5.29. The SMILES string of the molecule is CN=C(NCCCOC)NCC(C)CSc1ccccc1OC. The van der Waals surface area contributed by atoms with Gasteiger partial charge < -0.3 is 20.1 Å². The predicted molar refractivity (Wildman–Crippen MR) is 98.7 cm³/mol. The zero-order valence-corrected chi connectivity index (χ0v) is 15.4. The molecule has 0 spiro atoms. The molecule has 0 amide bonds. The molecular weight excluding hydrogens is 310 g/mol. The number of methoxy groups -OCH3 is 2. The van der Waals surface area contributed by atoms with Crippen molar-refractivity contribution >= 4 is 17.7 Å². The Morgan fingerprint density at radius 3 is 2.74 bits per heavy atom. The molecule has 0 heterocycles. The molecule has 1 atom stereocenters. The van der Waals surface area contributed by atoms with Crippen LogP contribution in [0.2, 0.25) is 0 Å². The van der Waals surface area contributed by atoms with Crippen molar-refractivity contribution in [1.82, 2.24) is 10.6 Å². The van der Waals surface area contributed by atoms with Crippen molar-refractivity contribution in [3.8, 4) is 5.75 Å². The Morgan fingerprint density at radius 1 is 1.26 bits per heavy atom. The number of benzene rings is 1. The van der Waals surface area contributed by atoms with Crippen molar-refractivity contribution in [3.63, 3.8) is 0 Å². The summed E-state index contributed by atoms with van der Waals surface area (Å²) in [6.45, 7) is 4.73. The van der Waals surface area contributed by atoms with E-state index < -0.39 is 0 Å². The normalized spacial score (nSPS) is 12.8. The average molecular weight is 340 g/mol. The molecule has 23 heavy (non-hydrogen) atoms. The van der Waals surface area contributed by atoms with Crippen molar-refractivity contribution in [2.45, 2.75) is 18.2 Å². The summed E-state index contributed by atoms with van der Waals surface area (Å²) >= 11 is 1.82. The third kappa shape index (κ3) is 8.13. The third-order valence-electron chi connectivity index (χ3n) is 3.25. The first-order valence-electron chi connectivity index (χ1n) is 7.90. The molecule has 130 valence electrons. The summed E-state index contributed by atoms with van der Waals surface area (Å²) in [4.78, 5) is 5.41. The summed E-state index contributed by atoms with van der Waals surface area (Å²) in [6.07, 6.45) is 0.969. The zero-order chi connectivity index (χ0) is 16.9. The van der Waals surface area contributed by atoms with E-state index in [0.717, 1.165) is 43.6 Å². The minimum absolute atomic E-state index is 0.516. The van der Waals surface area contributed by atoms with Gasteiger partial charge in [-0.05, 0) is 24.5 Å². The van der Waals surface area contributed by atoms with Gasteiger partial charge in [-0.25, -0.2) is 0 Å². The standard InChI is InChI=1S/C17H29N3O2S/c1-14(12-20-17(18-2)19-10-7-11-21-3)13-23-16-9-6-5-8-15(16)22-4/h5-6,8-9,14H,7,10-13H2,1-4H3,(H2,18,19,20). The Labute approximate surface area is 144 Å². The summed E-state index contributed by atoms with van der Waals surface area (Å²) in [7, 11) is 5.22. The van der Waals surface area contributed by atoms with Gasteiger partial charge in [-0.1, -0.05) is 19.1 Å². The Kier molecular flexibility index (Phi) is 10.3. The van der Waals surface area contributed by atoms with E-state index >= 15 is 0 Å². The Morgan fingerprint density at radius 2 is 2.04 bits per heavy atom. The molecule has 1 aromatic carbocycles. The lowest BCUT2D eigenvalue weighted by Gasteiger charge is -2.16. The third-order valence-corrected chi connectivity index (χ3v) is 4.64. The Balaban J connectivity index is 2.28. The van der Waals surface area contributed by atoms with Crippen LogP contribution in [-0.2, 0) is 4.74 Å². The van der Waals surface area contributed by atoms with Gasteiger partial charge in [-0.3, -0.25) is 4.99 Å². The fourth-order valence-corrected chi connectivity index (χ4v) is 2.99. The van der Waals surface area contributed by atoms with Gasteiger partial charge in [-0.2, -0.15) is 0 Å². The van der Waals surface area contributed by atoms with Crippen molar-refractivity contribution in [3.05, 3.63) is 24.3 Å². The summed E-state index contributed by atoms with van der Waals surface area (Å²) in [5.41, 5.74) is 0. The number of thioether (sulfide) groups is 1. The maximum Gasteiger partial charge on any atom is 0.190 e. The molecule has 2 N–H and O–H groups in total. The van der Waals surface area contributed by atoms with Crippen LogP contribution >= 0.6 is 11.8 Å². The van der Waals surface area contributed by atoms with Crippen molar-refractivity contribution in [2.24, 2.45) is 10.9 Å². The van der Waals surface area contributed by atoms with Crippen LogP contribution in [-0.4, -0.2) is 52.7 Å². The van der Waals surface area contributed by atoms with E-state index in [2.05, 4.69) is 28.6 Å². The first-order valence-corrected chi connectivity index (χ1v) is 8.89. The van der Waals surface area contributed by atoms with Gasteiger partial charge in [-0.15, -0.1) is 11.8 Å². The van der Waals surface area contributed by atoms with Crippen molar-refractivity contribution < 1.29 is 9.47 Å². The van der Waals surface area contributed by atoms with Crippen LogP contribution in [0.15, 0.2) is 34.2 Å². The highest BCUT2D eigenvalue weighted by Crippen LogP contribution is 2.29. The highest BCUT2D eigenvalue weighted by molar-refractivity contribution is 7.99. The van der Waals surface area contributed by atoms with Gasteiger partial charge in [0.15, 0.2) is 5.96 Å². The number of nitrogens with zero attached hydrogens (tertiary/aromatic N) is 1. The monoisotopic (exact) mass is 339 g/mol. The lowest BCUT2D eigenvalue weighted by molar-refractivity contribution is 0.195. The molecule has 0 aliphatic heterocycles. The van der Waals surface area contributed by atoms with Gasteiger partial charge in [0.25, 0.3) is 0 Å². The lowest BCUT2D eigenvalue weighted by atomic mass is 10.2. The molecule has 0 bridgehead atoms. The minimum Gasteiger partial charge on any atom is -0.496 e. The number of nitrogens with one attached hydrogen (secondary N) is 2. The molecule has 6 heteroatoms. The molecule has 0 saturated heterocycles. The van der Waals surface area contributed by atoms with Crippen LogP contribution in [0, 0.1) is 5.92 Å². The second kappa shape index (κ2) is 12.1. The highest BCUT2D eigenvalue weighted by atomic mass is 32.2. The largest absolute Gasteiger partial charge is 0.496 e. The number of rotatable bonds is 10. The quantitative estimate of drug-likeness (QED) is 0.297. The first-order chi connectivity index (χ1) is 11.2. The van der Waals surface area contributed by atoms with E-state index in [9.17, 15) is 0 Å². The maximum atomic E-state index is 5.38. The minimum atomic E-state index is 0.516. The molecule has 0 aromatic heterocycles. The van der Waals surface area contributed by atoms with E-state index in [1.165, 1.54) is 4.90 Å². The van der Waals surface area contributed by atoms with Gasteiger partial charge >= 0.3 is 0 Å². The summed E-state index contributed by atoms with van der Waals surface area (Å²) < 4.78 is 10.4. The van der Waals surface area contributed by atoms with E-state index in [4.69, 9.17) is 9.47 Å². The summed E-state index contributed by atoms with van der Waals surface area (Å²) in [6, 6.07) is 8.13. The number of hydrogen-bond donors (Lipinski definition) is 2. The van der Waals surface area contributed by atoms with Gasteiger partial charge in [0.05, 0.1) is 7.11 Å². The molecule has 1 aromatic rings. The van der Waals surface area contributed by atoms with E-state index in [1.807, 2.05) is 30.0 Å². The fourth-order valence-electron chi connectivity index (χ4n) is 1.94. The molecule has 0 aliphatic carbocycles. The van der Waals surface area contributed by atoms with Crippen LogP contribution in [0.1, 0.15) is 13.3 Å². The van der Waals surface area contributed by atoms with Crippen LogP contribution in [0.4, 0.5) is 0 Å². The van der Waals surface area contributed by atoms with Crippen molar-refractivity contribution in [2.75, 3.05) is 46.7 Å². The first kappa shape index (κ1) is 19.6. The van der Waals surface area contributed by atoms with Gasteiger partial charge in [0, 0.05) is 44.5 Å². The van der Waals surface area contributed by atoms with E-state index in [-0.39, 0.29) is 0 Å². The molecule has 0 saturated carbocycles. The Bertz CT molecular complexity index is 469. The number of aliphatic imine (C=N–C) groups is 1. The van der Waals surface area contributed by atoms with Crippen LogP contribution in [0.3, 0.4) is 0 Å². The molecular formula is C17H29N3O2S. The number of para-hydroxylation sites is 1. The smallest absolute Gasteiger partial charge is 0.190 e. The summed E-state index contributed by atoms with van der Waals surface area (Å²) in [5, 5.41) is 6.65. The van der Waals surface area contributed by atoms with E-state index in [1.54, 1.807) is 21.3 Å². The van der Waals surface area contributed by atoms with Crippen LogP contribution in [0.5, 0.6) is 5.75 Å². The average Bonchev–Trinajstić information content (AvgIpc) is 2.59. The number of hydrogen-bond acceptors (Lipinski definition) is 4. The van der Waals surface area contributed by atoms with Gasteiger partial charge in [0.1, 0.15) is 5.75 Å². The second-order valence-corrected chi connectivity index (χ2v) is 6.36. The van der Waals surface area contributed by atoms with E-state index in [0.29, 0.717) is 5.92 Å². The van der Waals surface area contributed by atoms with Crippen molar-refractivity contribution in [1.29, 1.82) is 0 Å². The summed E-state index contributed by atoms with van der Waals surface area (Å²) in [5.74, 6) is 3.32. The molecule has 1 unspecified atom stereocenters.